The van der Waals surface area contributed by atoms with E-state index in [1.165, 1.54) is 10.8 Å². The number of aromatic amines is 1. The topological polar surface area (TPSA) is 52.5 Å². The smallest absolute Gasteiger partial charge is 0.120 e. The Morgan fingerprint density at radius 3 is 2.83 bits per heavy atom. The molecule has 3 nitrogen and oxygen atoms in total. The van der Waals surface area contributed by atoms with E-state index in [1.807, 2.05) is 18.2 Å². The lowest BCUT2D eigenvalue weighted by atomic mass is 10.0. The minimum atomic E-state index is 0.310. The number of aromatic nitrogens is 2. The molecule has 0 bridgehead atoms. The fourth-order valence-electron chi connectivity index (χ4n) is 2.12. The first-order chi connectivity index (χ1) is 8.88. The van der Waals surface area contributed by atoms with Crippen molar-refractivity contribution < 1.29 is 0 Å². The van der Waals surface area contributed by atoms with Gasteiger partial charge in [0, 0.05) is 5.56 Å². The summed E-state index contributed by atoms with van der Waals surface area (Å²) in [6.07, 6.45) is 2.10. The lowest BCUT2D eigenvalue weighted by Crippen LogP contribution is -1.85. The van der Waals surface area contributed by atoms with Crippen LogP contribution in [0.1, 0.15) is 5.82 Å². The number of benzene rings is 2. The third kappa shape index (κ3) is 1.74. The molecule has 3 heteroatoms. The van der Waals surface area contributed by atoms with E-state index >= 15 is 0 Å². The summed E-state index contributed by atoms with van der Waals surface area (Å²) in [5.74, 6) is 0.709. The van der Waals surface area contributed by atoms with Crippen molar-refractivity contribution in [3.8, 4) is 17.3 Å². The molecule has 0 saturated carbocycles. The summed E-state index contributed by atoms with van der Waals surface area (Å²) in [5, 5.41) is 11.0. The molecule has 0 unspecified atom stereocenters. The zero-order chi connectivity index (χ0) is 12.4. The predicted molar refractivity (Wildman–Crippen MR) is 70.8 cm³/mol. The number of hydrogen-bond donors (Lipinski definition) is 1. The molecule has 0 aliphatic rings. The Morgan fingerprint density at radius 1 is 1.11 bits per heavy atom. The lowest BCUT2D eigenvalue weighted by molar-refractivity contribution is 1.07. The molecule has 0 radical (unpaired) electrons. The highest BCUT2D eigenvalue weighted by Crippen LogP contribution is 2.27. The van der Waals surface area contributed by atoms with Crippen LogP contribution in [0.15, 0.2) is 48.7 Å². The second kappa shape index (κ2) is 4.34. The Balaban J connectivity index is 2.16. The van der Waals surface area contributed by atoms with Gasteiger partial charge in [-0.15, -0.1) is 0 Å². The number of H-pyrrole nitrogens is 1. The summed E-state index contributed by atoms with van der Waals surface area (Å²) < 4.78 is 0. The van der Waals surface area contributed by atoms with Gasteiger partial charge >= 0.3 is 0 Å². The lowest BCUT2D eigenvalue weighted by Gasteiger charge is -2.03. The minimum absolute atomic E-state index is 0.310. The van der Waals surface area contributed by atoms with Gasteiger partial charge in [0.1, 0.15) is 5.82 Å². The van der Waals surface area contributed by atoms with Crippen LogP contribution in [0, 0.1) is 11.3 Å². The molecule has 0 atom stereocenters. The van der Waals surface area contributed by atoms with Crippen LogP contribution in [0.4, 0.5) is 0 Å². The molecule has 0 spiro atoms. The maximum absolute atomic E-state index is 8.66. The Kier molecular flexibility index (Phi) is 2.54. The van der Waals surface area contributed by atoms with Crippen molar-refractivity contribution in [2.24, 2.45) is 0 Å². The highest BCUT2D eigenvalue weighted by atomic mass is 14.9. The Labute approximate surface area is 105 Å². The largest absolute Gasteiger partial charge is 0.341 e. The number of nitrogens with zero attached hydrogens (tertiary/aromatic N) is 2. The van der Waals surface area contributed by atoms with Crippen molar-refractivity contribution >= 4 is 10.8 Å². The minimum Gasteiger partial charge on any atom is -0.341 e. The van der Waals surface area contributed by atoms with Gasteiger partial charge in [-0.2, -0.15) is 5.26 Å². The Morgan fingerprint density at radius 2 is 1.94 bits per heavy atom. The van der Waals surface area contributed by atoms with Crippen LogP contribution in [0.3, 0.4) is 0 Å². The molecule has 3 rings (SSSR count). The van der Waals surface area contributed by atoms with Gasteiger partial charge in [-0.25, -0.2) is 4.98 Å². The molecule has 2 aromatic carbocycles. The molecular weight excluding hydrogens is 222 g/mol. The molecule has 0 aliphatic carbocycles. The van der Waals surface area contributed by atoms with Crippen LogP contribution >= 0.6 is 0 Å². The van der Waals surface area contributed by atoms with Crippen molar-refractivity contribution in [3.63, 3.8) is 0 Å². The zero-order valence-corrected chi connectivity index (χ0v) is 9.72. The second-order valence-electron chi connectivity index (χ2n) is 4.11. The molecule has 1 N–H and O–H groups in total. The molecule has 18 heavy (non-hydrogen) atoms. The first kappa shape index (κ1) is 10.5. The molecule has 1 heterocycles. The summed E-state index contributed by atoms with van der Waals surface area (Å²) in [6, 6.07) is 16.5. The molecule has 0 fully saturated rings. The molecule has 0 amide bonds. The van der Waals surface area contributed by atoms with E-state index in [9.17, 15) is 0 Å². The van der Waals surface area contributed by atoms with Crippen LogP contribution in [-0.4, -0.2) is 9.97 Å². The van der Waals surface area contributed by atoms with E-state index in [2.05, 4.69) is 40.3 Å². The highest BCUT2D eigenvalue weighted by molar-refractivity contribution is 5.95. The number of rotatable bonds is 2. The predicted octanol–water partition coefficient (Wildman–Crippen LogP) is 3.30. The molecule has 3 aromatic rings. The Bertz CT molecular complexity index is 729. The van der Waals surface area contributed by atoms with Crippen LogP contribution < -0.4 is 0 Å². The van der Waals surface area contributed by atoms with E-state index in [4.69, 9.17) is 5.26 Å². The maximum atomic E-state index is 8.66. The van der Waals surface area contributed by atoms with Crippen molar-refractivity contribution in [1.82, 2.24) is 9.97 Å². The van der Waals surface area contributed by atoms with Gasteiger partial charge in [0.25, 0.3) is 0 Å². The van der Waals surface area contributed by atoms with Gasteiger partial charge in [0.2, 0.25) is 0 Å². The summed E-state index contributed by atoms with van der Waals surface area (Å²) in [7, 11) is 0. The van der Waals surface area contributed by atoms with Crippen molar-refractivity contribution in [2.75, 3.05) is 0 Å². The first-order valence-electron chi connectivity index (χ1n) is 5.77. The highest BCUT2D eigenvalue weighted by Gasteiger charge is 2.06. The first-order valence-corrected chi connectivity index (χ1v) is 5.77. The van der Waals surface area contributed by atoms with Gasteiger partial charge in [-0.05, 0) is 10.8 Å². The van der Waals surface area contributed by atoms with Crippen molar-refractivity contribution in [3.05, 3.63) is 54.5 Å². The zero-order valence-electron chi connectivity index (χ0n) is 9.72. The standard InChI is InChI=1S/C15H11N3/c16-9-8-15-17-10-14(18-15)13-7-3-5-11-4-1-2-6-12(11)13/h1-7,10H,8H2,(H,17,18). The summed E-state index contributed by atoms with van der Waals surface area (Å²) in [4.78, 5) is 7.40. The molecule has 1 aromatic heterocycles. The number of hydrogen-bond acceptors (Lipinski definition) is 2. The molecular formula is C15H11N3. The van der Waals surface area contributed by atoms with Crippen LogP contribution in [0.25, 0.3) is 22.0 Å². The average molecular weight is 233 g/mol. The third-order valence-corrected chi connectivity index (χ3v) is 2.95. The number of imidazole rings is 1. The summed E-state index contributed by atoms with van der Waals surface area (Å²) in [5.41, 5.74) is 2.07. The number of nitriles is 1. The third-order valence-electron chi connectivity index (χ3n) is 2.95. The van der Waals surface area contributed by atoms with Gasteiger partial charge in [-0.1, -0.05) is 42.5 Å². The van der Waals surface area contributed by atoms with Crippen molar-refractivity contribution in [1.29, 1.82) is 5.26 Å². The summed E-state index contributed by atoms with van der Waals surface area (Å²) in [6.45, 7) is 0. The molecule has 0 saturated heterocycles. The average Bonchev–Trinajstić information content (AvgIpc) is 2.87. The summed E-state index contributed by atoms with van der Waals surface area (Å²) >= 11 is 0. The van der Waals surface area contributed by atoms with Crippen LogP contribution in [-0.2, 0) is 6.42 Å². The SMILES string of the molecule is N#CCc1ncc(-c2cccc3ccccc23)[nH]1. The number of fused-ring (bicyclic) bond motifs is 1. The van der Waals surface area contributed by atoms with Gasteiger partial charge < -0.3 is 4.98 Å². The van der Waals surface area contributed by atoms with Gasteiger partial charge in [0.05, 0.1) is 24.4 Å². The quantitative estimate of drug-likeness (QED) is 0.738. The Hall–Kier alpha value is -2.60. The van der Waals surface area contributed by atoms with Crippen LogP contribution in [0.2, 0.25) is 0 Å². The molecule has 86 valence electrons. The van der Waals surface area contributed by atoms with Crippen molar-refractivity contribution in [2.45, 2.75) is 6.42 Å². The normalized spacial score (nSPS) is 10.4. The fourth-order valence-corrected chi connectivity index (χ4v) is 2.12. The van der Waals surface area contributed by atoms with E-state index in [-0.39, 0.29) is 0 Å². The van der Waals surface area contributed by atoms with Gasteiger partial charge in [0.15, 0.2) is 0 Å². The molecule has 0 aliphatic heterocycles. The number of nitrogens with one attached hydrogen (secondary N) is 1. The fraction of sp³-hybridized carbons (Fsp3) is 0.0667. The second-order valence-corrected chi connectivity index (χ2v) is 4.11. The monoisotopic (exact) mass is 233 g/mol. The van der Waals surface area contributed by atoms with E-state index in [0.29, 0.717) is 12.2 Å². The van der Waals surface area contributed by atoms with E-state index in [0.717, 1.165) is 11.3 Å². The van der Waals surface area contributed by atoms with Gasteiger partial charge in [-0.3, -0.25) is 0 Å². The van der Waals surface area contributed by atoms with E-state index < -0.39 is 0 Å². The van der Waals surface area contributed by atoms with Crippen LogP contribution in [0.5, 0.6) is 0 Å². The maximum Gasteiger partial charge on any atom is 0.120 e. The van der Waals surface area contributed by atoms with E-state index in [1.54, 1.807) is 6.20 Å².